The van der Waals surface area contributed by atoms with Crippen LogP contribution in [-0.4, -0.2) is 19.6 Å². The number of nitrogens with zero attached hydrogens (tertiary/aromatic N) is 2. The highest BCUT2D eigenvalue weighted by atomic mass is 15.1. The summed E-state index contributed by atoms with van der Waals surface area (Å²) in [6.07, 6.45) is 2.32. The maximum atomic E-state index is 8.86. The highest BCUT2D eigenvalue weighted by Gasteiger charge is 2.05. The zero-order valence-electron chi connectivity index (χ0n) is 9.82. The molecule has 0 aliphatic rings. The topological polar surface area (TPSA) is 53.0 Å². The molecule has 0 spiro atoms. The standard InChI is InChI=1S/C13H19N3/c1-2-3-8-16(9-7-14)13-6-4-5-12(10-13)11-15/h4-6,10H,2-3,7-9,14H2,1H3. The second kappa shape index (κ2) is 6.86. The van der Waals surface area contributed by atoms with E-state index in [1.807, 2.05) is 24.3 Å². The first-order valence-electron chi connectivity index (χ1n) is 5.77. The van der Waals surface area contributed by atoms with Crippen molar-refractivity contribution in [1.29, 1.82) is 5.26 Å². The van der Waals surface area contributed by atoms with Gasteiger partial charge in [-0.15, -0.1) is 0 Å². The third kappa shape index (κ3) is 3.56. The van der Waals surface area contributed by atoms with E-state index < -0.39 is 0 Å². The summed E-state index contributed by atoms with van der Waals surface area (Å²) >= 11 is 0. The Morgan fingerprint density at radius 3 is 2.81 bits per heavy atom. The Balaban J connectivity index is 2.79. The van der Waals surface area contributed by atoms with E-state index >= 15 is 0 Å². The van der Waals surface area contributed by atoms with Crippen LogP contribution in [-0.2, 0) is 0 Å². The first-order chi connectivity index (χ1) is 7.81. The SMILES string of the molecule is CCCCN(CCN)c1cccc(C#N)c1. The van der Waals surface area contributed by atoms with Crippen LogP contribution in [0.15, 0.2) is 24.3 Å². The molecule has 86 valence electrons. The number of unbranched alkanes of at least 4 members (excludes halogenated alkanes) is 1. The molecule has 1 aromatic carbocycles. The van der Waals surface area contributed by atoms with Gasteiger partial charge in [0.2, 0.25) is 0 Å². The zero-order chi connectivity index (χ0) is 11.8. The maximum absolute atomic E-state index is 8.86. The van der Waals surface area contributed by atoms with Crippen molar-refractivity contribution in [3.63, 3.8) is 0 Å². The monoisotopic (exact) mass is 217 g/mol. The number of rotatable bonds is 6. The van der Waals surface area contributed by atoms with Gasteiger partial charge in [0.25, 0.3) is 0 Å². The van der Waals surface area contributed by atoms with E-state index in [0.717, 1.165) is 25.2 Å². The quantitative estimate of drug-likeness (QED) is 0.794. The summed E-state index contributed by atoms with van der Waals surface area (Å²) in [5.41, 5.74) is 7.40. The van der Waals surface area contributed by atoms with E-state index in [-0.39, 0.29) is 0 Å². The van der Waals surface area contributed by atoms with Crippen molar-refractivity contribution in [2.75, 3.05) is 24.5 Å². The lowest BCUT2D eigenvalue weighted by atomic mass is 10.2. The van der Waals surface area contributed by atoms with Crippen molar-refractivity contribution in [3.05, 3.63) is 29.8 Å². The van der Waals surface area contributed by atoms with Crippen molar-refractivity contribution in [1.82, 2.24) is 0 Å². The van der Waals surface area contributed by atoms with Crippen LogP contribution in [0.2, 0.25) is 0 Å². The van der Waals surface area contributed by atoms with Gasteiger partial charge in [-0.25, -0.2) is 0 Å². The zero-order valence-corrected chi connectivity index (χ0v) is 9.82. The van der Waals surface area contributed by atoms with Crippen molar-refractivity contribution in [2.45, 2.75) is 19.8 Å². The van der Waals surface area contributed by atoms with Crippen LogP contribution in [0.25, 0.3) is 0 Å². The molecule has 1 aromatic rings. The normalized spacial score (nSPS) is 9.81. The second-order valence-electron chi connectivity index (χ2n) is 3.79. The van der Waals surface area contributed by atoms with Gasteiger partial charge in [-0.05, 0) is 24.6 Å². The molecular formula is C13H19N3. The van der Waals surface area contributed by atoms with Crippen LogP contribution in [0.4, 0.5) is 5.69 Å². The number of hydrogen-bond acceptors (Lipinski definition) is 3. The summed E-state index contributed by atoms with van der Waals surface area (Å²) in [4.78, 5) is 2.24. The van der Waals surface area contributed by atoms with E-state index in [1.165, 1.54) is 6.42 Å². The van der Waals surface area contributed by atoms with Crippen molar-refractivity contribution < 1.29 is 0 Å². The maximum Gasteiger partial charge on any atom is 0.0992 e. The molecule has 0 aromatic heterocycles. The van der Waals surface area contributed by atoms with Gasteiger partial charge in [0, 0.05) is 25.3 Å². The van der Waals surface area contributed by atoms with E-state index in [9.17, 15) is 0 Å². The van der Waals surface area contributed by atoms with Gasteiger partial charge in [-0.2, -0.15) is 5.26 Å². The molecule has 0 unspecified atom stereocenters. The van der Waals surface area contributed by atoms with E-state index in [4.69, 9.17) is 11.0 Å². The number of nitriles is 1. The minimum atomic E-state index is 0.639. The van der Waals surface area contributed by atoms with Gasteiger partial charge in [-0.3, -0.25) is 0 Å². The third-order valence-electron chi connectivity index (χ3n) is 2.52. The van der Waals surface area contributed by atoms with Gasteiger partial charge < -0.3 is 10.6 Å². The number of nitrogens with two attached hydrogens (primary N) is 1. The van der Waals surface area contributed by atoms with E-state index in [0.29, 0.717) is 12.1 Å². The summed E-state index contributed by atoms with van der Waals surface area (Å²) in [5.74, 6) is 0. The summed E-state index contributed by atoms with van der Waals surface area (Å²) < 4.78 is 0. The first-order valence-corrected chi connectivity index (χ1v) is 5.77. The molecule has 3 nitrogen and oxygen atoms in total. The van der Waals surface area contributed by atoms with E-state index in [2.05, 4.69) is 17.9 Å². The minimum Gasteiger partial charge on any atom is -0.370 e. The molecule has 0 bridgehead atoms. The average molecular weight is 217 g/mol. The van der Waals surface area contributed by atoms with Gasteiger partial charge >= 0.3 is 0 Å². The van der Waals surface area contributed by atoms with Crippen LogP contribution >= 0.6 is 0 Å². The first kappa shape index (κ1) is 12.5. The number of anilines is 1. The molecule has 0 amide bonds. The third-order valence-corrected chi connectivity index (χ3v) is 2.52. The van der Waals surface area contributed by atoms with Crippen LogP contribution in [0.5, 0.6) is 0 Å². The predicted molar refractivity (Wildman–Crippen MR) is 67.3 cm³/mol. The molecule has 0 fully saturated rings. The minimum absolute atomic E-state index is 0.639. The van der Waals surface area contributed by atoms with Gasteiger partial charge in [0.1, 0.15) is 0 Å². The van der Waals surface area contributed by atoms with Crippen LogP contribution < -0.4 is 10.6 Å². The number of hydrogen-bond donors (Lipinski definition) is 1. The summed E-state index contributed by atoms with van der Waals surface area (Å²) in [6, 6.07) is 9.86. The van der Waals surface area contributed by atoms with Crippen LogP contribution in [0, 0.1) is 11.3 Å². The summed E-state index contributed by atoms with van der Waals surface area (Å²) in [7, 11) is 0. The smallest absolute Gasteiger partial charge is 0.0992 e. The fraction of sp³-hybridized carbons (Fsp3) is 0.462. The summed E-state index contributed by atoms with van der Waals surface area (Å²) in [6.45, 7) is 4.66. The number of benzene rings is 1. The van der Waals surface area contributed by atoms with Crippen LogP contribution in [0.3, 0.4) is 0 Å². The Bertz CT molecular complexity index is 354. The lowest BCUT2D eigenvalue weighted by Gasteiger charge is -2.24. The van der Waals surface area contributed by atoms with E-state index in [1.54, 1.807) is 0 Å². The highest BCUT2D eigenvalue weighted by Crippen LogP contribution is 2.16. The summed E-state index contributed by atoms with van der Waals surface area (Å²) in [5, 5.41) is 8.86. The Hall–Kier alpha value is -1.53. The molecule has 0 saturated heterocycles. The Kier molecular flexibility index (Phi) is 5.38. The molecule has 0 radical (unpaired) electrons. The largest absolute Gasteiger partial charge is 0.370 e. The molecule has 0 aliphatic heterocycles. The fourth-order valence-corrected chi connectivity index (χ4v) is 1.65. The Morgan fingerprint density at radius 1 is 1.38 bits per heavy atom. The molecule has 0 atom stereocenters. The van der Waals surface area contributed by atoms with Crippen molar-refractivity contribution in [2.24, 2.45) is 5.73 Å². The van der Waals surface area contributed by atoms with Gasteiger partial charge in [0.15, 0.2) is 0 Å². The molecule has 3 heteroatoms. The highest BCUT2D eigenvalue weighted by molar-refractivity contribution is 5.51. The Labute approximate surface area is 97.5 Å². The average Bonchev–Trinajstić information content (AvgIpc) is 2.34. The lowest BCUT2D eigenvalue weighted by molar-refractivity contribution is 0.715. The lowest BCUT2D eigenvalue weighted by Crippen LogP contribution is -2.30. The molecule has 2 N–H and O–H groups in total. The Morgan fingerprint density at radius 2 is 2.19 bits per heavy atom. The van der Waals surface area contributed by atoms with Gasteiger partial charge in [0.05, 0.1) is 11.6 Å². The fourth-order valence-electron chi connectivity index (χ4n) is 1.65. The molecule has 0 heterocycles. The molecular weight excluding hydrogens is 198 g/mol. The predicted octanol–water partition coefficient (Wildman–Crippen LogP) is 2.12. The second-order valence-corrected chi connectivity index (χ2v) is 3.79. The van der Waals surface area contributed by atoms with Crippen molar-refractivity contribution in [3.8, 4) is 6.07 Å². The van der Waals surface area contributed by atoms with Crippen molar-refractivity contribution >= 4 is 5.69 Å². The molecule has 0 saturated carbocycles. The molecule has 0 aliphatic carbocycles. The molecule has 16 heavy (non-hydrogen) atoms. The van der Waals surface area contributed by atoms with Crippen LogP contribution in [0.1, 0.15) is 25.3 Å². The van der Waals surface area contributed by atoms with Gasteiger partial charge in [-0.1, -0.05) is 19.4 Å². The molecule has 1 rings (SSSR count).